The van der Waals surface area contributed by atoms with Crippen molar-refractivity contribution in [3.8, 4) is 17.1 Å². The Morgan fingerprint density at radius 2 is 1.93 bits per heavy atom. The number of rotatable bonds is 6. The Morgan fingerprint density at radius 3 is 2.66 bits per heavy atom. The number of carbonyl (C=O) groups excluding carboxylic acids is 1. The van der Waals surface area contributed by atoms with Crippen molar-refractivity contribution in [1.29, 1.82) is 0 Å². The minimum atomic E-state index is 0.0329. The van der Waals surface area contributed by atoms with Crippen molar-refractivity contribution in [2.75, 3.05) is 53.6 Å². The van der Waals surface area contributed by atoms with Gasteiger partial charge in [0.2, 0.25) is 0 Å². The normalized spacial score (nSPS) is 14.5. The molecule has 2 heterocycles. The van der Waals surface area contributed by atoms with Gasteiger partial charge < -0.3 is 24.3 Å². The molecule has 0 bridgehead atoms. The summed E-state index contributed by atoms with van der Waals surface area (Å²) in [6, 6.07) is 13.5. The third kappa shape index (κ3) is 4.58. The predicted octanol–water partition coefficient (Wildman–Crippen LogP) is 2.64. The third-order valence-electron chi connectivity index (χ3n) is 4.96. The summed E-state index contributed by atoms with van der Waals surface area (Å²) in [6.45, 7) is 3.98. The van der Waals surface area contributed by atoms with Gasteiger partial charge in [0.05, 0.1) is 24.2 Å². The number of carbonyl (C=O) groups is 1. The van der Waals surface area contributed by atoms with Gasteiger partial charge >= 0.3 is 0 Å². The first-order valence-corrected chi connectivity index (χ1v) is 9.85. The summed E-state index contributed by atoms with van der Waals surface area (Å²) in [7, 11) is 4.04. The molecule has 0 spiro atoms. The minimum absolute atomic E-state index is 0.0329. The highest BCUT2D eigenvalue weighted by atomic mass is 16.5. The van der Waals surface area contributed by atoms with E-state index in [-0.39, 0.29) is 5.91 Å². The number of ether oxygens (including phenoxy) is 2. The Balaban J connectivity index is 1.49. The smallest absolute Gasteiger partial charge is 0.254 e. The highest BCUT2D eigenvalue weighted by Crippen LogP contribution is 2.24. The molecule has 7 nitrogen and oxygen atoms in total. The van der Waals surface area contributed by atoms with Crippen molar-refractivity contribution in [2.45, 2.75) is 0 Å². The summed E-state index contributed by atoms with van der Waals surface area (Å²) in [5.41, 5.74) is 3.33. The lowest BCUT2D eigenvalue weighted by atomic mass is 10.1. The Morgan fingerprint density at radius 1 is 1.17 bits per heavy atom. The Hall–Kier alpha value is -2.90. The van der Waals surface area contributed by atoms with E-state index < -0.39 is 0 Å². The zero-order chi connectivity index (χ0) is 20.2. The second-order valence-electron chi connectivity index (χ2n) is 7.40. The molecule has 0 saturated carbocycles. The van der Waals surface area contributed by atoms with Crippen LogP contribution in [0.2, 0.25) is 0 Å². The fourth-order valence-corrected chi connectivity index (χ4v) is 3.28. The van der Waals surface area contributed by atoms with Crippen LogP contribution in [0.1, 0.15) is 10.4 Å². The summed E-state index contributed by atoms with van der Waals surface area (Å²) in [5.74, 6) is 1.64. The first kappa shape index (κ1) is 19.4. The summed E-state index contributed by atoms with van der Waals surface area (Å²) < 4.78 is 11.1. The molecular formula is C22H26N4O3. The van der Waals surface area contributed by atoms with E-state index in [9.17, 15) is 4.79 Å². The van der Waals surface area contributed by atoms with E-state index in [2.05, 4.69) is 14.9 Å². The molecule has 29 heavy (non-hydrogen) atoms. The molecule has 152 valence electrons. The molecule has 1 aliphatic heterocycles. The lowest BCUT2D eigenvalue weighted by Gasteiger charge is -2.26. The van der Waals surface area contributed by atoms with Gasteiger partial charge in [-0.2, -0.15) is 0 Å². The molecule has 7 heteroatoms. The molecule has 1 N–H and O–H groups in total. The van der Waals surface area contributed by atoms with Crippen molar-refractivity contribution < 1.29 is 14.3 Å². The first-order chi connectivity index (χ1) is 14.1. The van der Waals surface area contributed by atoms with E-state index in [0.717, 1.165) is 34.7 Å². The monoisotopic (exact) mass is 394 g/mol. The second kappa shape index (κ2) is 8.63. The van der Waals surface area contributed by atoms with Crippen molar-refractivity contribution in [3.05, 3.63) is 48.0 Å². The molecule has 1 saturated heterocycles. The number of amides is 1. The number of nitrogens with one attached hydrogen (secondary N) is 1. The number of hydrogen-bond donors (Lipinski definition) is 1. The van der Waals surface area contributed by atoms with Crippen LogP contribution in [-0.4, -0.2) is 79.2 Å². The van der Waals surface area contributed by atoms with Crippen LogP contribution in [0.25, 0.3) is 22.4 Å². The molecule has 4 rings (SSSR count). The first-order valence-electron chi connectivity index (χ1n) is 9.85. The largest absolute Gasteiger partial charge is 0.492 e. The molecule has 2 aromatic carbocycles. The van der Waals surface area contributed by atoms with E-state index in [4.69, 9.17) is 9.47 Å². The van der Waals surface area contributed by atoms with E-state index in [1.54, 1.807) is 0 Å². The molecule has 1 fully saturated rings. The maximum absolute atomic E-state index is 12.7. The summed E-state index contributed by atoms with van der Waals surface area (Å²) in [4.78, 5) is 24.6. The Bertz CT molecular complexity index is 975. The van der Waals surface area contributed by atoms with Gasteiger partial charge in [-0.1, -0.05) is 0 Å². The quantitative estimate of drug-likeness (QED) is 0.696. The summed E-state index contributed by atoms with van der Waals surface area (Å²) in [6.07, 6.45) is 0. The lowest BCUT2D eigenvalue weighted by Crippen LogP contribution is -2.40. The van der Waals surface area contributed by atoms with Gasteiger partial charge in [0.15, 0.2) is 0 Å². The zero-order valence-corrected chi connectivity index (χ0v) is 16.9. The van der Waals surface area contributed by atoms with Crippen molar-refractivity contribution in [2.24, 2.45) is 0 Å². The highest BCUT2D eigenvalue weighted by Gasteiger charge is 2.19. The van der Waals surface area contributed by atoms with E-state index in [1.165, 1.54) is 0 Å². The number of nitrogens with zero attached hydrogens (tertiary/aromatic N) is 3. The van der Waals surface area contributed by atoms with Crippen LogP contribution in [0.3, 0.4) is 0 Å². The van der Waals surface area contributed by atoms with Crippen LogP contribution in [0, 0.1) is 0 Å². The van der Waals surface area contributed by atoms with Gasteiger partial charge in [-0.3, -0.25) is 4.79 Å². The number of morpholine rings is 1. The maximum atomic E-state index is 12.7. The van der Waals surface area contributed by atoms with Crippen LogP contribution < -0.4 is 4.74 Å². The van der Waals surface area contributed by atoms with Gasteiger partial charge in [0, 0.05) is 30.8 Å². The Labute approximate surface area is 170 Å². The van der Waals surface area contributed by atoms with E-state index >= 15 is 0 Å². The van der Waals surface area contributed by atoms with E-state index in [1.807, 2.05) is 61.5 Å². The molecular weight excluding hydrogens is 368 g/mol. The van der Waals surface area contributed by atoms with Gasteiger partial charge in [-0.25, -0.2) is 4.98 Å². The zero-order valence-electron chi connectivity index (χ0n) is 16.9. The number of H-pyrrole nitrogens is 1. The molecule has 1 aliphatic rings. The minimum Gasteiger partial charge on any atom is -0.492 e. The SMILES string of the molecule is CN(C)CCOc1ccc(-c2nc3ccc(C(=O)N4CCOCC4)cc3[nH]2)cc1. The van der Waals surface area contributed by atoms with Crippen LogP contribution in [0.4, 0.5) is 0 Å². The number of imidazole rings is 1. The average molecular weight is 394 g/mol. The Kier molecular flexibility index (Phi) is 5.78. The summed E-state index contributed by atoms with van der Waals surface area (Å²) >= 11 is 0. The van der Waals surface area contributed by atoms with Crippen molar-refractivity contribution in [3.63, 3.8) is 0 Å². The fourth-order valence-electron chi connectivity index (χ4n) is 3.28. The fraction of sp³-hybridized carbons (Fsp3) is 0.364. The number of fused-ring (bicyclic) bond motifs is 1. The van der Waals surface area contributed by atoms with Crippen molar-refractivity contribution in [1.82, 2.24) is 19.8 Å². The number of hydrogen-bond acceptors (Lipinski definition) is 5. The van der Waals surface area contributed by atoms with Crippen LogP contribution >= 0.6 is 0 Å². The molecule has 3 aromatic rings. The van der Waals surface area contributed by atoms with Gasteiger partial charge in [-0.15, -0.1) is 0 Å². The van der Waals surface area contributed by atoms with Crippen LogP contribution in [0.5, 0.6) is 5.75 Å². The molecule has 0 radical (unpaired) electrons. The number of likely N-dealkylation sites (N-methyl/N-ethyl adjacent to an activating group) is 1. The average Bonchev–Trinajstić information content (AvgIpc) is 3.17. The number of benzene rings is 2. The van der Waals surface area contributed by atoms with Crippen LogP contribution in [-0.2, 0) is 4.74 Å². The summed E-state index contributed by atoms with van der Waals surface area (Å²) in [5, 5.41) is 0. The number of aromatic nitrogens is 2. The third-order valence-corrected chi connectivity index (χ3v) is 4.96. The molecule has 0 aliphatic carbocycles. The number of aromatic amines is 1. The van der Waals surface area contributed by atoms with Crippen LogP contribution in [0.15, 0.2) is 42.5 Å². The van der Waals surface area contributed by atoms with Gasteiger partial charge in [0.25, 0.3) is 5.91 Å². The molecule has 1 amide bonds. The second-order valence-corrected chi connectivity index (χ2v) is 7.40. The van der Waals surface area contributed by atoms with Crippen molar-refractivity contribution >= 4 is 16.9 Å². The topological polar surface area (TPSA) is 70.7 Å². The van der Waals surface area contributed by atoms with Gasteiger partial charge in [-0.05, 0) is 56.6 Å². The van der Waals surface area contributed by atoms with E-state index in [0.29, 0.717) is 38.5 Å². The lowest BCUT2D eigenvalue weighted by molar-refractivity contribution is 0.0303. The predicted molar refractivity (Wildman–Crippen MR) is 112 cm³/mol. The maximum Gasteiger partial charge on any atom is 0.254 e. The molecule has 1 aromatic heterocycles. The standard InChI is InChI=1S/C22H26N4O3/c1-25(2)9-14-29-18-6-3-16(4-7-18)21-23-19-8-5-17(15-20(19)24-21)22(27)26-10-12-28-13-11-26/h3-8,15H,9-14H2,1-2H3,(H,23,24). The molecule has 0 atom stereocenters. The molecule has 0 unspecified atom stereocenters. The van der Waals surface area contributed by atoms with Gasteiger partial charge in [0.1, 0.15) is 18.2 Å². The highest BCUT2D eigenvalue weighted by molar-refractivity contribution is 5.97.